The highest BCUT2D eigenvalue weighted by Gasteiger charge is 2.45. The number of benzene rings is 1. The van der Waals surface area contributed by atoms with Crippen LogP contribution in [0.25, 0.3) is 0 Å². The van der Waals surface area contributed by atoms with Gasteiger partial charge in [-0.25, -0.2) is 5.01 Å². The molecule has 1 heterocycles. The lowest BCUT2D eigenvalue weighted by atomic mass is 10.0. The van der Waals surface area contributed by atoms with Crippen LogP contribution in [0.5, 0.6) is 0 Å². The van der Waals surface area contributed by atoms with E-state index in [1.807, 2.05) is 12.1 Å². The Bertz CT molecular complexity index is 595. The molecule has 1 aliphatic rings. The SMILES string of the molecule is N#Cc1cccc(CCCC[C@H](N2CCC(=O)N2)C(F)(F)F)c1. The van der Waals surface area contributed by atoms with Crippen molar-refractivity contribution >= 4 is 5.91 Å². The number of alkyl halides is 3. The molecule has 1 fully saturated rings. The number of hydrogen-bond acceptors (Lipinski definition) is 3. The van der Waals surface area contributed by atoms with Gasteiger partial charge in [-0.1, -0.05) is 18.6 Å². The number of nitriles is 1. The Kier molecular flexibility index (Phi) is 5.61. The van der Waals surface area contributed by atoms with E-state index in [9.17, 15) is 18.0 Å². The van der Waals surface area contributed by atoms with Gasteiger partial charge in [0.2, 0.25) is 5.91 Å². The van der Waals surface area contributed by atoms with Crippen molar-refractivity contribution in [2.24, 2.45) is 0 Å². The van der Waals surface area contributed by atoms with Gasteiger partial charge in [-0.05, 0) is 37.0 Å². The normalized spacial score (nSPS) is 16.9. The number of halogens is 3. The number of nitrogens with zero attached hydrogens (tertiary/aromatic N) is 2. The van der Waals surface area contributed by atoms with Crippen LogP contribution in [-0.2, 0) is 11.2 Å². The second-order valence-corrected chi connectivity index (χ2v) is 5.59. The van der Waals surface area contributed by atoms with Crippen molar-refractivity contribution in [3.63, 3.8) is 0 Å². The summed E-state index contributed by atoms with van der Waals surface area (Å²) in [6.07, 6.45) is -2.68. The Balaban J connectivity index is 1.84. The van der Waals surface area contributed by atoms with E-state index >= 15 is 0 Å². The van der Waals surface area contributed by atoms with Gasteiger partial charge in [0.05, 0.1) is 11.6 Å². The molecule has 0 aliphatic carbocycles. The van der Waals surface area contributed by atoms with E-state index in [1.165, 1.54) is 0 Å². The predicted octanol–water partition coefficient (Wildman–Crippen LogP) is 2.94. The van der Waals surface area contributed by atoms with Gasteiger partial charge in [-0.15, -0.1) is 0 Å². The molecule has 0 aromatic heterocycles. The van der Waals surface area contributed by atoms with E-state index in [-0.39, 0.29) is 25.3 Å². The summed E-state index contributed by atoms with van der Waals surface area (Å²) in [5.41, 5.74) is 3.77. The molecule has 7 heteroatoms. The summed E-state index contributed by atoms with van der Waals surface area (Å²) in [5, 5.41) is 9.82. The molecule has 1 N–H and O–H groups in total. The van der Waals surface area contributed by atoms with Gasteiger partial charge >= 0.3 is 6.18 Å². The largest absolute Gasteiger partial charge is 0.405 e. The summed E-state index contributed by atoms with van der Waals surface area (Å²) in [5.74, 6) is -0.368. The molecule has 4 nitrogen and oxygen atoms in total. The number of nitrogens with one attached hydrogen (secondary N) is 1. The number of carbonyl (C=O) groups excluding carboxylic acids is 1. The number of aryl methyl sites for hydroxylation is 1. The average molecular weight is 325 g/mol. The van der Waals surface area contributed by atoms with Gasteiger partial charge < -0.3 is 0 Å². The fourth-order valence-corrected chi connectivity index (χ4v) is 2.69. The maximum absolute atomic E-state index is 13.1. The summed E-state index contributed by atoms with van der Waals surface area (Å²) < 4.78 is 39.4. The Morgan fingerprint density at radius 3 is 2.74 bits per heavy atom. The Morgan fingerprint density at radius 2 is 2.13 bits per heavy atom. The summed E-state index contributed by atoms with van der Waals surface area (Å²) >= 11 is 0. The van der Waals surface area contributed by atoms with Crippen molar-refractivity contribution in [3.05, 3.63) is 35.4 Å². The molecule has 1 aliphatic heterocycles. The first-order chi connectivity index (χ1) is 10.9. The lowest BCUT2D eigenvalue weighted by molar-refractivity contribution is -0.190. The van der Waals surface area contributed by atoms with Crippen LogP contribution in [0.4, 0.5) is 13.2 Å². The fourth-order valence-electron chi connectivity index (χ4n) is 2.69. The minimum absolute atomic E-state index is 0.0538. The van der Waals surface area contributed by atoms with Crippen LogP contribution >= 0.6 is 0 Å². The molecule has 1 saturated heterocycles. The molecule has 1 aromatic carbocycles. The highest BCUT2D eigenvalue weighted by atomic mass is 19.4. The smallest absolute Gasteiger partial charge is 0.288 e. The van der Waals surface area contributed by atoms with Gasteiger partial charge in [0.15, 0.2) is 0 Å². The summed E-state index contributed by atoms with van der Waals surface area (Å²) in [6, 6.07) is 7.48. The number of hydrogen-bond donors (Lipinski definition) is 1. The fraction of sp³-hybridized carbons (Fsp3) is 0.500. The van der Waals surface area contributed by atoms with Crippen molar-refractivity contribution in [1.29, 1.82) is 5.26 Å². The van der Waals surface area contributed by atoms with E-state index in [0.717, 1.165) is 10.6 Å². The maximum atomic E-state index is 13.1. The van der Waals surface area contributed by atoms with E-state index in [4.69, 9.17) is 5.26 Å². The molecule has 1 aromatic rings. The number of carbonyl (C=O) groups is 1. The molecule has 124 valence electrons. The van der Waals surface area contributed by atoms with Crippen LogP contribution < -0.4 is 5.43 Å². The topological polar surface area (TPSA) is 56.1 Å². The van der Waals surface area contributed by atoms with E-state index < -0.39 is 12.2 Å². The summed E-state index contributed by atoms with van der Waals surface area (Å²) in [4.78, 5) is 11.1. The first kappa shape index (κ1) is 17.3. The lowest BCUT2D eigenvalue weighted by Crippen LogP contribution is -2.49. The first-order valence-electron chi connectivity index (χ1n) is 7.52. The van der Waals surface area contributed by atoms with E-state index in [0.29, 0.717) is 24.8 Å². The third-order valence-corrected chi connectivity index (χ3v) is 3.85. The standard InChI is InChI=1S/C16H18F3N3O/c17-16(18,19)14(22-9-8-15(23)21-22)7-2-1-4-12-5-3-6-13(10-12)11-20/h3,5-6,10,14H,1-2,4,7-9H2,(H,21,23)/t14-/m0/s1. The first-order valence-corrected chi connectivity index (χ1v) is 7.52. The van der Waals surface area contributed by atoms with Crippen LogP contribution in [0.1, 0.15) is 36.8 Å². The second-order valence-electron chi connectivity index (χ2n) is 5.59. The third kappa shape index (κ3) is 4.96. The predicted molar refractivity (Wildman–Crippen MR) is 78.0 cm³/mol. The van der Waals surface area contributed by atoms with Crippen LogP contribution in [0.15, 0.2) is 24.3 Å². The van der Waals surface area contributed by atoms with Gasteiger partial charge in [-0.2, -0.15) is 18.4 Å². The molecule has 2 rings (SSSR count). The minimum atomic E-state index is -4.36. The molecule has 23 heavy (non-hydrogen) atoms. The van der Waals surface area contributed by atoms with Crippen LogP contribution in [0.2, 0.25) is 0 Å². The molecule has 1 atom stereocenters. The highest BCUT2D eigenvalue weighted by Crippen LogP contribution is 2.29. The molecule has 0 unspecified atom stereocenters. The van der Waals surface area contributed by atoms with Crippen LogP contribution in [0.3, 0.4) is 0 Å². The molecular weight excluding hydrogens is 307 g/mol. The zero-order valence-corrected chi connectivity index (χ0v) is 12.6. The Labute approximate surface area is 132 Å². The van der Waals surface area contributed by atoms with Crippen LogP contribution in [0, 0.1) is 11.3 Å². The van der Waals surface area contributed by atoms with Gasteiger partial charge in [0.25, 0.3) is 0 Å². The third-order valence-electron chi connectivity index (χ3n) is 3.85. The van der Waals surface area contributed by atoms with Gasteiger partial charge in [0.1, 0.15) is 6.04 Å². The van der Waals surface area contributed by atoms with Crippen LogP contribution in [-0.4, -0.2) is 29.7 Å². The molecule has 0 radical (unpaired) electrons. The highest BCUT2D eigenvalue weighted by molar-refractivity contribution is 5.77. The van der Waals surface area contributed by atoms with E-state index in [1.54, 1.807) is 18.2 Å². The molecular formula is C16H18F3N3O. The van der Waals surface area contributed by atoms with Crippen molar-refractivity contribution in [1.82, 2.24) is 10.4 Å². The maximum Gasteiger partial charge on any atom is 0.405 e. The summed E-state index contributed by atoms with van der Waals surface area (Å²) in [7, 11) is 0. The molecule has 1 amide bonds. The molecule has 0 spiro atoms. The lowest BCUT2D eigenvalue weighted by Gasteiger charge is -2.28. The van der Waals surface area contributed by atoms with Gasteiger partial charge in [-0.3, -0.25) is 10.2 Å². The number of amides is 1. The number of hydrazine groups is 1. The van der Waals surface area contributed by atoms with Crippen molar-refractivity contribution in [3.8, 4) is 6.07 Å². The quantitative estimate of drug-likeness (QED) is 0.818. The van der Waals surface area contributed by atoms with Crippen molar-refractivity contribution < 1.29 is 18.0 Å². The molecule has 0 bridgehead atoms. The Morgan fingerprint density at radius 1 is 1.35 bits per heavy atom. The summed E-state index contributed by atoms with van der Waals surface area (Å²) in [6.45, 7) is 0.0905. The average Bonchev–Trinajstić information content (AvgIpc) is 2.92. The van der Waals surface area contributed by atoms with Crippen molar-refractivity contribution in [2.45, 2.75) is 44.3 Å². The monoisotopic (exact) mass is 325 g/mol. The van der Waals surface area contributed by atoms with Gasteiger partial charge in [0, 0.05) is 13.0 Å². The molecule has 0 saturated carbocycles. The van der Waals surface area contributed by atoms with E-state index in [2.05, 4.69) is 5.43 Å². The second kappa shape index (κ2) is 7.47. The zero-order valence-electron chi connectivity index (χ0n) is 12.6. The Hall–Kier alpha value is -2.07. The van der Waals surface area contributed by atoms with Crippen molar-refractivity contribution in [2.75, 3.05) is 6.54 Å². The number of rotatable bonds is 6. The minimum Gasteiger partial charge on any atom is -0.288 e. The number of unbranched alkanes of at least 4 members (excludes halogenated alkanes) is 1. The zero-order chi connectivity index (χ0) is 16.9.